The lowest BCUT2D eigenvalue weighted by molar-refractivity contribution is 0.0497. The smallest absolute Gasteiger partial charge is 0.338 e. The van der Waals surface area contributed by atoms with Gasteiger partial charge in [-0.25, -0.2) is 4.79 Å². The molecule has 0 amide bonds. The van der Waals surface area contributed by atoms with Crippen LogP contribution >= 0.6 is 0 Å². The molecule has 3 heteroatoms. The molecular weight excluding hydrogens is 468 g/mol. The zero-order chi connectivity index (χ0) is 26.7. The molecule has 3 nitrogen and oxygen atoms in total. The van der Waals surface area contributed by atoms with Crippen molar-refractivity contribution in [2.75, 3.05) is 13.2 Å². The number of benzene rings is 3. The minimum Gasteiger partial charge on any atom is -0.494 e. The van der Waals surface area contributed by atoms with Crippen LogP contribution in [0, 0.1) is 0 Å². The van der Waals surface area contributed by atoms with Gasteiger partial charge < -0.3 is 9.47 Å². The highest BCUT2D eigenvalue weighted by atomic mass is 16.5. The van der Waals surface area contributed by atoms with E-state index in [1.54, 1.807) is 12.1 Å². The molecule has 0 aliphatic carbocycles. The van der Waals surface area contributed by atoms with Crippen LogP contribution in [0.5, 0.6) is 5.75 Å². The Morgan fingerprint density at radius 1 is 0.579 bits per heavy atom. The molecule has 204 valence electrons. The van der Waals surface area contributed by atoms with Gasteiger partial charge in [-0.2, -0.15) is 0 Å². The zero-order valence-corrected chi connectivity index (χ0v) is 23.3. The fourth-order valence-electron chi connectivity index (χ4n) is 4.64. The maximum Gasteiger partial charge on any atom is 0.338 e. The maximum absolute atomic E-state index is 11.9. The first-order valence-corrected chi connectivity index (χ1v) is 14.8. The summed E-state index contributed by atoms with van der Waals surface area (Å²) >= 11 is 0. The van der Waals surface area contributed by atoms with Crippen molar-refractivity contribution in [1.82, 2.24) is 0 Å². The molecule has 0 N–H and O–H groups in total. The van der Waals surface area contributed by atoms with Crippen molar-refractivity contribution in [3.8, 4) is 16.9 Å². The fraction of sp³-hybridized carbons (Fsp3) is 0.457. The van der Waals surface area contributed by atoms with Crippen molar-refractivity contribution in [2.45, 2.75) is 90.4 Å². The second-order valence-corrected chi connectivity index (χ2v) is 10.2. The first-order chi connectivity index (χ1) is 18.8. The van der Waals surface area contributed by atoms with E-state index in [0.29, 0.717) is 12.2 Å². The number of esters is 1. The Balaban J connectivity index is 1.21. The summed E-state index contributed by atoms with van der Waals surface area (Å²) in [6.45, 7) is 3.52. The highest BCUT2D eigenvalue weighted by Crippen LogP contribution is 2.23. The van der Waals surface area contributed by atoms with Gasteiger partial charge in [0, 0.05) is 0 Å². The molecule has 0 unspecified atom stereocenters. The number of aryl methyl sites for hydroxylation is 1. The van der Waals surface area contributed by atoms with E-state index in [1.165, 1.54) is 68.1 Å². The third-order valence-electron chi connectivity index (χ3n) is 7.01. The summed E-state index contributed by atoms with van der Waals surface area (Å²) < 4.78 is 11.3. The lowest BCUT2D eigenvalue weighted by Crippen LogP contribution is -2.06. The number of rotatable bonds is 19. The predicted octanol–water partition coefficient (Wildman–Crippen LogP) is 9.83. The quantitative estimate of drug-likeness (QED) is 0.118. The highest BCUT2D eigenvalue weighted by molar-refractivity contribution is 5.89. The topological polar surface area (TPSA) is 35.5 Å². The number of hydrogen-bond acceptors (Lipinski definition) is 3. The molecule has 0 aromatic heterocycles. The first-order valence-electron chi connectivity index (χ1n) is 14.8. The molecule has 3 aromatic rings. The van der Waals surface area contributed by atoms with E-state index in [4.69, 9.17) is 9.47 Å². The van der Waals surface area contributed by atoms with Crippen LogP contribution in [-0.4, -0.2) is 19.2 Å². The Labute approximate surface area is 230 Å². The van der Waals surface area contributed by atoms with Gasteiger partial charge >= 0.3 is 5.97 Å². The lowest BCUT2D eigenvalue weighted by atomic mass is 10.0. The van der Waals surface area contributed by atoms with E-state index < -0.39 is 0 Å². The van der Waals surface area contributed by atoms with Gasteiger partial charge in [0.1, 0.15) is 5.75 Å². The molecule has 38 heavy (non-hydrogen) atoms. The Morgan fingerprint density at radius 2 is 1.13 bits per heavy atom. The predicted molar refractivity (Wildman–Crippen MR) is 159 cm³/mol. The van der Waals surface area contributed by atoms with Crippen molar-refractivity contribution >= 4 is 5.97 Å². The summed E-state index contributed by atoms with van der Waals surface area (Å²) in [6, 6.07) is 26.7. The minimum atomic E-state index is -0.229. The zero-order valence-electron chi connectivity index (χ0n) is 23.3. The summed E-state index contributed by atoms with van der Waals surface area (Å²) in [5.41, 5.74) is 4.56. The normalized spacial score (nSPS) is 10.9. The number of carbonyl (C=O) groups is 1. The van der Waals surface area contributed by atoms with E-state index in [2.05, 4.69) is 55.5 Å². The maximum atomic E-state index is 11.9. The second kappa shape index (κ2) is 18.2. The number of hydrogen-bond donors (Lipinski definition) is 0. The SMILES string of the molecule is CCCCCCCCc1ccc(-c2ccc(OCCCCCCCCOC(=O)c3ccccc3)cc2)cc1. The number of carbonyl (C=O) groups excluding carboxylic acids is 1. The van der Waals surface area contributed by atoms with E-state index >= 15 is 0 Å². The monoisotopic (exact) mass is 514 g/mol. The van der Waals surface area contributed by atoms with E-state index in [9.17, 15) is 4.79 Å². The van der Waals surface area contributed by atoms with Crippen LogP contribution in [-0.2, 0) is 11.2 Å². The first kappa shape index (κ1) is 29.5. The van der Waals surface area contributed by atoms with Crippen LogP contribution in [0.1, 0.15) is 99.9 Å². The Kier molecular flexibility index (Phi) is 14.1. The molecule has 0 fully saturated rings. The van der Waals surface area contributed by atoms with Crippen molar-refractivity contribution in [2.24, 2.45) is 0 Å². The fourth-order valence-corrected chi connectivity index (χ4v) is 4.64. The summed E-state index contributed by atoms with van der Waals surface area (Å²) in [5.74, 6) is 0.709. The Hall–Kier alpha value is -3.07. The van der Waals surface area contributed by atoms with Crippen LogP contribution in [0.2, 0.25) is 0 Å². The van der Waals surface area contributed by atoms with Crippen LogP contribution in [0.4, 0.5) is 0 Å². The summed E-state index contributed by atoms with van der Waals surface area (Å²) in [6.07, 6.45) is 15.8. The molecule has 0 heterocycles. The Bertz CT molecular complexity index is 1010. The Morgan fingerprint density at radius 3 is 1.79 bits per heavy atom. The average molecular weight is 515 g/mol. The van der Waals surface area contributed by atoms with Gasteiger partial charge in [-0.15, -0.1) is 0 Å². The van der Waals surface area contributed by atoms with Gasteiger partial charge in [0.05, 0.1) is 18.8 Å². The average Bonchev–Trinajstić information content (AvgIpc) is 2.97. The third kappa shape index (κ3) is 11.5. The molecule has 0 spiro atoms. The standard InChI is InChI=1S/C35H46O3/c1-2-3-4-5-8-12-17-30-20-22-31(23-21-30)32-24-26-34(27-25-32)37-28-15-9-6-7-10-16-29-38-35(36)33-18-13-11-14-19-33/h11,13-14,18-27H,2-10,12,15-17,28-29H2,1H3. The molecule has 0 saturated heterocycles. The molecule has 3 aromatic carbocycles. The van der Waals surface area contributed by atoms with Crippen LogP contribution < -0.4 is 4.74 Å². The van der Waals surface area contributed by atoms with Gasteiger partial charge in [-0.3, -0.25) is 0 Å². The van der Waals surface area contributed by atoms with Gasteiger partial charge in [0.15, 0.2) is 0 Å². The van der Waals surface area contributed by atoms with Crippen LogP contribution in [0.15, 0.2) is 78.9 Å². The molecule has 0 atom stereocenters. The third-order valence-corrected chi connectivity index (χ3v) is 7.01. The number of ether oxygens (including phenoxy) is 2. The molecule has 0 aliphatic rings. The van der Waals surface area contributed by atoms with Gasteiger partial charge in [-0.05, 0) is 66.6 Å². The second-order valence-electron chi connectivity index (χ2n) is 10.2. The number of unbranched alkanes of at least 4 members (excludes halogenated alkanes) is 10. The van der Waals surface area contributed by atoms with E-state index in [0.717, 1.165) is 44.5 Å². The van der Waals surface area contributed by atoms with Gasteiger partial charge in [0.2, 0.25) is 0 Å². The molecule has 0 bridgehead atoms. The summed E-state index contributed by atoms with van der Waals surface area (Å²) in [7, 11) is 0. The van der Waals surface area contributed by atoms with Crippen LogP contribution in [0.3, 0.4) is 0 Å². The molecule has 0 radical (unpaired) electrons. The molecule has 3 rings (SSSR count). The molecule has 0 aliphatic heterocycles. The van der Waals surface area contributed by atoms with Crippen molar-refractivity contribution in [3.05, 3.63) is 90.0 Å². The summed E-state index contributed by atoms with van der Waals surface area (Å²) in [5, 5.41) is 0. The van der Waals surface area contributed by atoms with Crippen molar-refractivity contribution < 1.29 is 14.3 Å². The van der Waals surface area contributed by atoms with Gasteiger partial charge in [-0.1, -0.05) is 119 Å². The van der Waals surface area contributed by atoms with Gasteiger partial charge in [0.25, 0.3) is 0 Å². The molecular formula is C35H46O3. The largest absolute Gasteiger partial charge is 0.494 e. The van der Waals surface area contributed by atoms with E-state index in [-0.39, 0.29) is 5.97 Å². The highest BCUT2D eigenvalue weighted by Gasteiger charge is 2.05. The van der Waals surface area contributed by atoms with Crippen molar-refractivity contribution in [1.29, 1.82) is 0 Å². The molecule has 0 saturated carbocycles. The van der Waals surface area contributed by atoms with Crippen LogP contribution in [0.25, 0.3) is 11.1 Å². The van der Waals surface area contributed by atoms with E-state index in [1.807, 2.05) is 18.2 Å². The van der Waals surface area contributed by atoms with Crippen molar-refractivity contribution in [3.63, 3.8) is 0 Å². The lowest BCUT2D eigenvalue weighted by Gasteiger charge is -2.09. The summed E-state index contributed by atoms with van der Waals surface area (Å²) in [4.78, 5) is 11.9. The minimum absolute atomic E-state index is 0.229.